The summed E-state index contributed by atoms with van der Waals surface area (Å²) < 4.78 is 18.3. The molecule has 0 saturated carbocycles. The summed E-state index contributed by atoms with van der Waals surface area (Å²) in [6, 6.07) is 3.68. The van der Waals surface area contributed by atoms with Crippen molar-refractivity contribution >= 4 is 66.6 Å². The molecule has 4 aromatic rings. The van der Waals surface area contributed by atoms with Crippen LogP contribution in [0.15, 0.2) is 29.4 Å². The Kier molecular flexibility index (Phi) is 4.93. The number of aromatic nitrogens is 4. The monoisotopic (exact) mass is 475 g/mol. The highest BCUT2D eigenvalue weighted by Gasteiger charge is 2.25. The van der Waals surface area contributed by atoms with Crippen molar-refractivity contribution in [3.63, 3.8) is 0 Å². The molecule has 1 aliphatic rings. The van der Waals surface area contributed by atoms with E-state index in [2.05, 4.69) is 30.6 Å². The van der Waals surface area contributed by atoms with Crippen LogP contribution in [0.5, 0.6) is 11.8 Å². The number of benzene rings is 1. The molecule has 3 aromatic heterocycles. The van der Waals surface area contributed by atoms with Gasteiger partial charge in [-0.15, -0.1) is 11.3 Å². The number of carbonyl (C=O) groups excluding carboxylic acids is 1. The van der Waals surface area contributed by atoms with E-state index in [0.29, 0.717) is 22.5 Å². The molecular weight excluding hydrogens is 462 g/mol. The SMILES string of the molecule is C[C@@H]1CNc2c(sc3ccc4nc(Oc5nc(Cl)ncc5S(N)=O)cnc4c23)C(=O)N1. The standard InChI is InChI=1S/C18H14ClN7O3S2/c1-7-4-21-14-12-9(30-15(14)16(27)24-7)3-2-8-13(12)22-6-11(25-8)29-17-10(31(20)28)5-23-18(19)26-17/h2-3,5-7,21H,4,20H2,1H3,(H,24,27)/t7-,31?/m1/s1. The third-order valence-corrected chi connectivity index (χ3v) is 6.67. The van der Waals surface area contributed by atoms with E-state index < -0.39 is 11.0 Å². The number of hydrogen-bond acceptors (Lipinski definition) is 9. The van der Waals surface area contributed by atoms with Gasteiger partial charge in [0.2, 0.25) is 17.0 Å². The molecule has 10 nitrogen and oxygen atoms in total. The Labute approximate surface area is 186 Å². The number of anilines is 1. The summed E-state index contributed by atoms with van der Waals surface area (Å²) in [5.74, 6) is -0.0565. The maximum atomic E-state index is 12.5. The number of nitrogens with zero attached hydrogens (tertiary/aromatic N) is 4. The molecule has 1 unspecified atom stereocenters. The molecule has 4 N–H and O–H groups in total. The Morgan fingerprint density at radius 3 is 2.94 bits per heavy atom. The first-order valence-corrected chi connectivity index (χ1v) is 11.4. The van der Waals surface area contributed by atoms with Crippen LogP contribution in [-0.4, -0.2) is 42.6 Å². The van der Waals surface area contributed by atoms with Crippen LogP contribution in [0.3, 0.4) is 0 Å². The third-order valence-electron chi connectivity index (χ3n) is 4.62. The normalized spacial score (nSPS) is 17.0. The van der Waals surface area contributed by atoms with Gasteiger partial charge in [-0.3, -0.25) is 4.79 Å². The second-order valence-corrected chi connectivity index (χ2v) is 9.21. The Hall–Kier alpha value is -2.93. The van der Waals surface area contributed by atoms with Crippen LogP contribution in [0.4, 0.5) is 5.69 Å². The van der Waals surface area contributed by atoms with Gasteiger partial charge in [0.1, 0.15) is 20.8 Å². The summed E-state index contributed by atoms with van der Waals surface area (Å²) in [5.41, 5.74) is 1.93. The number of fused-ring (bicyclic) bond motifs is 5. The molecule has 5 rings (SSSR count). The zero-order valence-corrected chi connectivity index (χ0v) is 18.3. The first-order chi connectivity index (χ1) is 14.9. The highest BCUT2D eigenvalue weighted by atomic mass is 35.5. The number of ether oxygens (including phenoxy) is 1. The minimum absolute atomic E-state index is 0.00481. The minimum atomic E-state index is -1.87. The average molecular weight is 476 g/mol. The van der Waals surface area contributed by atoms with Crippen LogP contribution < -0.4 is 20.5 Å². The van der Waals surface area contributed by atoms with Crippen molar-refractivity contribution in [3.05, 3.63) is 34.7 Å². The molecule has 158 valence electrons. The maximum absolute atomic E-state index is 12.5. The van der Waals surface area contributed by atoms with Crippen LogP contribution in [0.1, 0.15) is 16.6 Å². The zero-order valence-electron chi connectivity index (χ0n) is 15.9. The van der Waals surface area contributed by atoms with E-state index in [1.807, 2.05) is 13.0 Å². The summed E-state index contributed by atoms with van der Waals surface area (Å²) in [6.45, 7) is 2.54. The van der Waals surface area contributed by atoms with Gasteiger partial charge >= 0.3 is 0 Å². The van der Waals surface area contributed by atoms with Crippen molar-refractivity contribution in [1.29, 1.82) is 0 Å². The molecule has 1 aliphatic heterocycles. The summed E-state index contributed by atoms with van der Waals surface area (Å²) in [5, 5.41) is 12.5. The van der Waals surface area contributed by atoms with Gasteiger partial charge in [-0.05, 0) is 30.7 Å². The van der Waals surface area contributed by atoms with E-state index in [1.54, 1.807) is 6.07 Å². The Balaban J connectivity index is 1.61. The molecule has 1 aromatic carbocycles. The zero-order chi connectivity index (χ0) is 21.7. The second kappa shape index (κ2) is 7.64. The first kappa shape index (κ1) is 20.0. The van der Waals surface area contributed by atoms with Crippen LogP contribution in [0.2, 0.25) is 5.28 Å². The number of hydrogen-bond donors (Lipinski definition) is 3. The molecule has 4 heterocycles. The highest BCUT2D eigenvalue weighted by Crippen LogP contribution is 2.40. The Bertz CT molecular complexity index is 1390. The highest BCUT2D eigenvalue weighted by molar-refractivity contribution is 7.82. The maximum Gasteiger partial charge on any atom is 0.263 e. The van der Waals surface area contributed by atoms with Crippen LogP contribution in [0, 0.1) is 0 Å². The summed E-state index contributed by atoms with van der Waals surface area (Å²) in [7, 11) is -1.87. The van der Waals surface area contributed by atoms with Crippen molar-refractivity contribution < 1.29 is 13.7 Å². The largest absolute Gasteiger partial charge is 0.417 e. The Morgan fingerprint density at radius 2 is 2.13 bits per heavy atom. The van der Waals surface area contributed by atoms with Crippen molar-refractivity contribution in [1.82, 2.24) is 25.3 Å². The van der Waals surface area contributed by atoms with Gasteiger partial charge < -0.3 is 15.4 Å². The van der Waals surface area contributed by atoms with E-state index in [-0.39, 0.29) is 33.9 Å². The fraction of sp³-hybridized carbons (Fsp3) is 0.167. The molecule has 1 amide bonds. The molecule has 13 heteroatoms. The number of carbonyl (C=O) groups is 1. The molecule has 0 saturated heterocycles. The number of thiophene rings is 1. The predicted molar refractivity (Wildman–Crippen MR) is 118 cm³/mol. The fourth-order valence-corrected chi connectivity index (χ4v) is 4.90. The van der Waals surface area contributed by atoms with Gasteiger partial charge in [0.25, 0.3) is 5.91 Å². The smallest absolute Gasteiger partial charge is 0.263 e. The second-order valence-electron chi connectivity index (χ2n) is 6.78. The third kappa shape index (κ3) is 3.57. The van der Waals surface area contributed by atoms with Crippen molar-refractivity contribution in [2.24, 2.45) is 5.14 Å². The van der Waals surface area contributed by atoms with E-state index in [9.17, 15) is 9.00 Å². The van der Waals surface area contributed by atoms with E-state index in [4.69, 9.17) is 21.5 Å². The average Bonchev–Trinajstić information content (AvgIpc) is 3.04. The lowest BCUT2D eigenvalue weighted by atomic mass is 10.1. The quantitative estimate of drug-likeness (QED) is 0.383. The molecule has 0 spiro atoms. The number of nitrogens with one attached hydrogen (secondary N) is 2. The number of nitrogens with two attached hydrogens (primary N) is 1. The van der Waals surface area contributed by atoms with Crippen molar-refractivity contribution in [2.75, 3.05) is 11.9 Å². The topological polar surface area (TPSA) is 145 Å². The summed E-state index contributed by atoms with van der Waals surface area (Å²) in [6.07, 6.45) is 2.65. The molecule has 0 aliphatic carbocycles. The van der Waals surface area contributed by atoms with Crippen LogP contribution >= 0.6 is 22.9 Å². The lowest BCUT2D eigenvalue weighted by Crippen LogP contribution is -2.34. The van der Waals surface area contributed by atoms with Gasteiger partial charge in [0, 0.05) is 22.7 Å². The minimum Gasteiger partial charge on any atom is -0.417 e. The molecule has 0 bridgehead atoms. The van der Waals surface area contributed by atoms with E-state index in [0.717, 1.165) is 15.8 Å². The van der Waals surface area contributed by atoms with Gasteiger partial charge in [0.05, 0.1) is 29.1 Å². The van der Waals surface area contributed by atoms with Crippen molar-refractivity contribution in [2.45, 2.75) is 17.9 Å². The number of rotatable bonds is 3. The van der Waals surface area contributed by atoms with E-state index >= 15 is 0 Å². The van der Waals surface area contributed by atoms with Gasteiger partial charge in [-0.25, -0.2) is 24.3 Å². The lowest BCUT2D eigenvalue weighted by molar-refractivity contribution is 0.0949. The Morgan fingerprint density at radius 1 is 1.29 bits per heavy atom. The number of halogens is 1. The van der Waals surface area contributed by atoms with Crippen molar-refractivity contribution in [3.8, 4) is 11.8 Å². The lowest BCUT2D eigenvalue weighted by Gasteiger charge is -2.10. The molecule has 0 fully saturated rings. The first-order valence-electron chi connectivity index (χ1n) is 9.04. The predicted octanol–water partition coefficient (Wildman–Crippen LogP) is 2.61. The fourth-order valence-electron chi connectivity index (χ4n) is 3.27. The molecular formula is C18H14ClN7O3S2. The van der Waals surface area contributed by atoms with Gasteiger partial charge in [0.15, 0.2) is 0 Å². The van der Waals surface area contributed by atoms with E-state index in [1.165, 1.54) is 23.7 Å². The van der Waals surface area contributed by atoms with Gasteiger partial charge in [-0.2, -0.15) is 4.98 Å². The van der Waals surface area contributed by atoms with Gasteiger partial charge in [-0.1, -0.05) is 0 Å². The molecule has 2 atom stereocenters. The molecule has 31 heavy (non-hydrogen) atoms. The summed E-state index contributed by atoms with van der Waals surface area (Å²) >= 11 is 7.22. The summed E-state index contributed by atoms with van der Waals surface area (Å²) in [4.78, 5) is 29.9. The molecule has 0 radical (unpaired) electrons. The van der Waals surface area contributed by atoms with Crippen LogP contribution in [0.25, 0.3) is 21.1 Å². The van der Waals surface area contributed by atoms with Crippen LogP contribution in [-0.2, 0) is 11.0 Å². The number of amides is 1.